The maximum absolute atomic E-state index is 13.4. The number of benzene rings is 2. The molecule has 2 aromatic rings. The van der Waals surface area contributed by atoms with Crippen molar-refractivity contribution in [1.29, 1.82) is 0 Å². The molecule has 1 aliphatic heterocycles. The largest absolute Gasteiger partial charge is 0.491 e. The summed E-state index contributed by atoms with van der Waals surface area (Å²) < 4.78 is 19.0. The van der Waals surface area contributed by atoms with E-state index in [2.05, 4.69) is 0 Å². The van der Waals surface area contributed by atoms with Crippen molar-refractivity contribution in [1.82, 2.24) is 0 Å². The van der Waals surface area contributed by atoms with Crippen LogP contribution >= 0.6 is 0 Å². The van der Waals surface area contributed by atoms with Gasteiger partial charge in [0.1, 0.15) is 11.6 Å². The van der Waals surface area contributed by atoms with E-state index < -0.39 is 5.82 Å². The third-order valence-corrected chi connectivity index (χ3v) is 3.43. The van der Waals surface area contributed by atoms with E-state index in [1.807, 2.05) is 24.3 Å². The topological polar surface area (TPSA) is 55.6 Å². The van der Waals surface area contributed by atoms with E-state index in [1.165, 1.54) is 18.2 Å². The number of nitrogens with two attached hydrogens (primary N) is 1. The smallest absolute Gasteiger partial charge is 0.260 e. The van der Waals surface area contributed by atoms with Gasteiger partial charge in [-0.05, 0) is 36.8 Å². The highest BCUT2D eigenvalue weighted by Gasteiger charge is 2.24. The zero-order valence-corrected chi connectivity index (χ0v) is 11.4. The van der Waals surface area contributed by atoms with Crippen molar-refractivity contribution in [3.63, 3.8) is 0 Å². The number of anilines is 2. The van der Waals surface area contributed by atoms with E-state index in [4.69, 9.17) is 10.5 Å². The van der Waals surface area contributed by atoms with Gasteiger partial charge in [0.25, 0.3) is 5.91 Å². The number of carbonyl (C=O) groups excluding carboxylic acids is 1. The van der Waals surface area contributed by atoms with E-state index in [1.54, 1.807) is 4.90 Å². The van der Waals surface area contributed by atoms with Gasteiger partial charge in [0.15, 0.2) is 0 Å². The minimum atomic E-state index is -0.480. The van der Waals surface area contributed by atoms with Gasteiger partial charge in [-0.25, -0.2) is 4.39 Å². The summed E-state index contributed by atoms with van der Waals surface area (Å²) in [5, 5.41) is 0. The van der Waals surface area contributed by atoms with Gasteiger partial charge in [-0.15, -0.1) is 0 Å². The third-order valence-electron chi connectivity index (χ3n) is 3.43. The number of para-hydroxylation sites is 2. The first-order chi connectivity index (χ1) is 10.2. The molecular weight excluding hydrogens is 271 g/mol. The Bertz CT molecular complexity index is 688. The standard InChI is InChI=1S/C16H15FN2O2/c17-11-6-7-13(18)12(10-11)16(20)19-8-3-9-21-15-5-2-1-4-14(15)19/h1-2,4-7,10H,3,8-9,18H2. The molecule has 5 heteroatoms. The average molecular weight is 286 g/mol. The fourth-order valence-corrected chi connectivity index (χ4v) is 2.40. The number of nitrogen functional groups attached to an aromatic ring is 1. The van der Waals surface area contributed by atoms with Crippen LogP contribution in [0.15, 0.2) is 42.5 Å². The van der Waals surface area contributed by atoms with Crippen molar-refractivity contribution in [3.8, 4) is 5.75 Å². The first-order valence-corrected chi connectivity index (χ1v) is 6.75. The molecule has 0 bridgehead atoms. The predicted molar refractivity (Wildman–Crippen MR) is 79.0 cm³/mol. The zero-order chi connectivity index (χ0) is 14.8. The second kappa shape index (κ2) is 5.44. The summed E-state index contributed by atoms with van der Waals surface area (Å²) in [5.41, 5.74) is 6.94. The van der Waals surface area contributed by atoms with Gasteiger partial charge >= 0.3 is 0 Å². The Morgan fingerprint density at radius 3 is 2.90 bits per heavy atom. The van der Waals surface area contributed by atoms with Crippen molar-refractivity contribution >= 4 is 17.3 Å². The summed E-state index contributed by atoms with van der Waals surface area (Å²) in [4.78, 5) is 14.3. The second-order valence-corrected chi connectivity index (χ2v) is 4.86. The van der Waals surface area contributed by atoms with Gasteiger partial charge in [-0.3, -0.25) is 4.79 Å². The molecule has 4 nitrogen and oxygen atoms in total. The van der Waals surface area contributed by atoms with Crippen molar-refractivity contribution in [2.24, 2.45) is 0 Å². The van der Waals surface area contributed by atoms with Crippen LogP contribution in [0.5, 0.6) is 5.75 Å². The molecular formula is C16H15FN2O2. The molecule has 0 saturated carbocycles. The lowest BCUT2D eigenvalue weighted by atomic mass is 10.1. The van der Waals surface area contributed by atoms with Crippen LogP contribution in [0, 0.1) is 5.82 Å². The molecule has 0 radical (unpaired) electrons. The quantitative estimate of drug-likeness (QED) is 0.820. The Morgan fingerprint density at radius 2 is 2.05 bits per heavy atom. The molecule has 0 saturated heterocycles. The zero-order valence-electron chi connectivity index (χ0n) is 11.4. The molecule has 3 rings (SSSR count). The molecule has 1 aliphatic rings. The minimum Gasteiger partial charge on any atom is -0.491 e. The van der Waals surface area contributed by atoms with Crippen LogP contribution in [0.2, 0.25) is 0 Å². The normalized spacial score (nSPS) is 14.0. The molecule has 0 unspecified atom stereocenters. The van der Waals surface area contributed by atoms with E-state index in [0.717, 1.165) is 0 Å². The van der Waals surface area contributed by atoms with Crippen LogP contribution in [-0.2, 0) is 0 Å². The molecule has 1 amide bonds. The number of nitrogens with zero attached hydrogens (tertiary/aromatic N) is 1. The molecule has 0 aliphatic carbocycles. The van der Waals surface area contributed by atoms with Crippen molar-refractivity contribution < 1.29 is 13.9 Å². The van der Waals surface area contributed by atoms with E-state index in [9.17, 15) is 9.18 Å². The summed E-state index contributed by atoms with van der Waals surface area (Å²) in [5.74, 6) is -0.143. The molecule has 108 valence electrons. The molecule has 1 heterocycles. The number of hydrogen-bond acceptors (Lipinski definition) is 3. The number of ether oxygens (including phenoxy) is 1. The lowest BCUT2D eigenvalue weighted by Gasteiger charge is -2.22. The summed E-state index contributed by atoms with van der Waals surface area (Å²) in [6.45, 7) is 1.05. The predicted octanol–water partition coefficient (Wildman–Crippen LogP) is 2.84. The Morgan fingerprint density at radius 1 is 1.24 bits per heavy atom. The van der Waals surface area contributed by atoms with Gasteiger partial charge in [-0.2, -0.15) is 0 Å². The molecule has 2 N–H and O–H groups in total. The highest BCUT2D eigenvalue weighted by Crippen LogP contribution is 2.32. The van der Waals surface area contributed by atoms with Crippen LogP contribution in [0.3, 0.4) is 0 Å². The van der Waals surface area contributed by atoms with Crippen molar-refractivity contribution in [2.45, 2.75) is 6.42 Å². The maximum Gasteiger partial charge on any atom is 0.260 e. The average Bonchev–Trinajstić information content (AvgIpc) is 2.71. The van der Waals surface area contributed by atoms with Crippen LogP contribution in [-0.4, -0.2) is 19.1 Å². The van der Waals surface area contributed by atoms with Crippen LogP contribution in [0.1, 0.15) is 16.8 Å². The molecule has 0 fully saturated rings. The lowest BCUT2D eigenvalue weighted by molar-refractivity contribution is 0.0987. The summed E-state index contributed by atoms with van der Waals surface area (Å²) in [6.07, 6.45) is 0.704. The van der Waals surface area contributed by atoms with Gasteiger partial charge < -0.3 is 15.4 Å². The lowest BCUT2D eigenvalue weighted by Crippen LogP contribution is -2.32. The number of amides is 1. The summed E-state index contributed by atoms with van der Waals surface area (Å²) in [6, 6.07) is 11.1. The summed E-state index contributed by atoms with van der Waals surface area (Å²) in [7, 11) is 0. The molecule has 0 spiro atoms. The van der Waals surface area contributed by atoms with E-state index in [0.29, 0.717) is 31.0 Å². The van der Waals surface area contributed by atoms with Gasteiger partial charge in [0.05, 0.1) is 17.9 Å². The number of halogens is 1. The Balaban J connectivity index is 2.03. The first-order valence-electron chi connectivity index (χ1n) is 6.75. The number of fused-ring (bicyclic) bond motifs is 1. The van der Waals surface area contributed by atoms with Gasteiger partial charge in [-0.1, -0.05) is 12.1 Å². The Labute approximate surface area is 121 Å². The number of carbonyl (C=O) groups is 1. The third kappa shape index (κ3) is 2.54. The molecule has 2 aromatic carbocycles. The maximum atomic E-state index is 13.4. The fraction of sp³-hybridized carbons (Fsp3) is 0.188. The van der Waals surface area contributed by atoms with E-state index >= 15 is 0 Å². The highest BCUT2D eigenvalue weighted by molar-refractivity contribution is 6.10. The molecule has 21 heavy (non-hydrogen) atoms. The Kier molecular flexibility index (Phi) is 3.48. The van der Waals surface area contributed by atoms with Crippen molar-refractivity contribution in [3.05, 3.63) is 53.8 Å². The second-order valence-electron chi connectivity index (χ2n) is 4.86. The number of hydrogen-bond donors (Lipinski definition) is 1. The van der Waals surface area contributed by atoms with Crippen molar-refractivity contribution in [2.75, 3.05) is 23.8 Å². The van der Waals surface area contributed by atoms with Gasteiger partial charge in [0, 0.05) is 12.2 Å². The first kappa shape index (κ1) is 13.4. The Hall–Kier alpha value is -2.56. The van der Waals surface area contributed by atoms with Crippen LogP contribution in [0.25, 0.3) is 0 Å². The van der Waals surface area contributed by atoms with E-state index in [-0.39, 0.29) is 17.2 Å². The molecule has 0 atom stereocenters. The van der Waals surface area contributed by atoms with Gasteiger partial charge in [0.2, 0.25) is 0 Å². The minimum absolute atomic E-state index is 0.173. The molecule has 0 aromatic heterocycles. The highest BCUT2D eigenvalue weighted by atomic mass is 19.1. The van der Waals surface area contributed by atoms with Crippen LogP contribution in [0.4, 0.5) is 15.8 Å². The SMILES string of the molecule is Nc1ccc(F)cc1C(=O)N1CCCOc2ccccc21. The fourth-order valence-electron chi connectivity index (χ4n) is 2.40. The monoisotopic (exact) mass is 286 g/mol. The van der Waals surface area contributed by atoms with Crippen LogP contribution < -0.4 is 15.4 Å². The number of rotatable bonds is 1. The summed E-state index contributed by atoms with van der Waals surface area (Å²) >= 11 is 0.